The van der Waals surface area contributed by atoms with Gasteiger partial charge in [0.15, 0.2) is 0 Å². The Labute approximate surface area is 105 Å². The third kappa shape index (κ3) is 2.26. The maximum Gasteiger partial charge on any atom is 0.0687 e. The monoisotopic (exact) mass is 237 g/mol. The molecule has 1 N–H and O–H groups in total. The van der Waals surface area contributed by atoms with Crippen molar-refractivity contribution in [2.45, 2.75) is 75.9 Å². The van der Waals surface area contributed by atoms with E-state index in [0.717, 1.165) is 0 Å². The highest BCUT2D eigenvalue weighted by Gasteiger charge is 2.46. The van der Waals surface area contributed by atoms with Crippen molar-refractivity contribution >= 4 is 0 Å². The zero-order valence-corrected chi connectivity index (χ0v) is 11.3. The smallest absolute Gasteiger partial charge is 0.0687 e. The van der Waals surface area contributed by atoms with Gasteiger partial charge in [-0.1, -0.05) is 19.3 Å². The van der Waals surface area contributed by atoms with Gasteiger partial charge in [0.2, 0.25) is 0 Å². The quantitative estimate of drug-likeness (QED) is 0.810. The Hall–Kier alpha value is -0.0800. The summed E-state index contributed by atoms with van der Waals surface area (Å²) in [6, 6.07) is 0. The molecule has 3 rings (SSSR count). The first-order valence-electron chi connectivity index (χ1n) is 7.58. The van der Waals surface area contributed by atoms with Crippen molar-refractivity contribution in [3.63, 3.8) is 0 Å². The summed E-state index contributed by atoms with van der Waals surface area (Å²) in [6.45, 7) is 1.19. The Morgan fingerprint density at radius 2 is 1.82 bits per heavy atom. The van der Waals surface area contributed by atoms with E-state index in [2.05, 4.69) is 12.4 Å². The Bertz CT molecular complexity index is 266. The fourth-order valence-corrected chi connectivity index (χ4v) is 4.41. The minimum absolute atomic E-state index is 0.329. The van der Waals surface area contributed by atoms with Gasteiger partial charge < -0.3 is 10.1 Å². The maximum absolute atomic E-state index is 6.46. The fourth-order valence-electron chi connectivity index (χ4n) is 4.41. The minimum Gasteiger partial charge on any atom is -0.372 e. The lowest BCUT2D eigenvalue weighted by atomic mass is 9.65. The lowest BCUT2D eigenvalue weighted by Crippen LogP contribution is -2.41. The van der Waals surface area contributed by atoms with Crippen LogP contribution in [0.2, 0.25) is 0 Å². The van der Waals surface area contributed by atoms with Crippen LogP contribution in [-0.2, 0) is 4.74 Å². The van der Waals surface area contributed by atoms with Gasteiger partial charge in [-0.3, -0.25) is 0 Å². The van der Waals surface area contributed by atoms with Crippen LogP contribution in [0.4, 0.5) is 0 Å². The molecular formula is C15H27NO. The Balaban J connectivity index is 1.56. The van der Waals surface area contributed by atoms with E-state index in [-0.39, 0.29) is 0 Å². The van der Waals surface area contributed by atoms with Crippen LogP contribution in [0.1, 0.15) is 64.2 Å². The van der Waals surface area contributed by atoms with Gasteiger partial charge in [0.25, 0.3) is 0 Å². The van der Waals surface area contributed by atoms with Crippen LogP contribution in [0.25, 0.3) is 0 Å². The topological polar surface area (TPSA) is 21.3 Å². The lowest BCUT2D eigenvalue weighted by molar-refractivity contribution is -0.0637. The highest BCUT2D eigenvalue weighted by atomic mass is 16.5. The van der Waals surface area contributed by atoms with Gasteiger partial charge in [-0.15, -0.1) is 0 Å². The minimum atomic E-state index is 0.329. The molecule has 1 unspecified atom stereocenters. The van der Waals surface area contributed by atoms with Crippen molar-refractivity contribution in [3.8, 4) is 0 Å². The van der Waals surface area contributed by atoms with Gasteiger partial charge in [0.1, 0.15) is 0 Å². The van der Waals surface area contributed by atoms with Crippen LogP contribution in [0.5, 0.6) is 0 Å². The first-order valence-corrected chi connectivity index (χ1v) is 7.58. The van der Waals surface area contributed by atoms with Gasteiger partial charge in [-0.2, -0.15) is 0 Å². The normalized spacial score (nSPS) is 34.1. The van der Waals surface area contributed by atoms with Gasteiger partial charge in [0.05, 0.1) is 11.7 Å². The second kappa shape index (κ2) is 4.55. The van der Waals surface area contributed by atoms with Gasteiger partial charge in [-0.05, 0) is 57.4 Å². The largest absolute Gasteiger partial charge is 0.372 e. The molecule has 0 radical (unpaired) electrons. The maximum atomic E-state index is 6.46. The molecule has 0 aromatic carbocycles. The number of rotatable bonds is 4. The predicted octanol–water partition coefficient (Wildman–Crippen LogP) is 3.26. The number of ether oxygens (including phenoxy) is 1. The highest BCUT2D eigenvalue weighted by Crippen LogP contribution is 2.50. The third-order valence-electron chi connectivity index (χ3n) is 5.48. The van der Waals surface area contributed by atoms with Crippen LogP contribution >= 0.6 is 0 Å². The second-order valence-electron chi connectivity index (χ2n) is 6.76. The van der Waals surface area contributed by atoms with Crippen LogP contribution in [-0.4, -0.2) is 25.3 Å². The van der Waals surface area contributed by atoms with Crippen LogP contribution in [0.3, 0.4) is 0 Å². The van der Waals surface area contributed by atoms with E-state index in [9.17, 15) is 0 Å². The summed E-state index contributed by atoms with van der Waals surface area (Å²) >= 11 is 0. The Morgan fingerprint density at radius 3 is 2.41 bits per heavy atom. The highest BCUT2D eigenvalue weighted by molar-refractivity contribution is 4.97. The second-order valence-corrected chi connectivity index (χ2v) is 6.76. The molecular weight excluding hydrogens is 210 g/mol. The summed E-state index contributed by atoms with van der Waals surface area (Å²) < 4.78 is 6.46. The SMILES string of the molecule is CNCC1(CC2CCC3(CCCC3)O2)CCC1. The molecule has 98 valence electrons. The van der Waals surface area contributed by atoms with Gasteiger partial charge >= 0.3 is 0 Å². The molecule has 3 fully saturated rings. The fraction of sp³-hybridized carbons (Fsp3) is 1.00. The standard InChI is InChI=1S/C15H27NO/c1-16-12-14(6-4-7-14)11-13-5-10-15(17-13)8-2-3-9-15/h13,16H,2-12H2,1H3. The zero-order valence-electron chi connectivity index (χ0n) is 11.3. The van der Waals surface area contributed by atoms with Crippen molar-refractivity contribution in [1.29, 1.82) is 0 Å². The van der Waals surface area contributed by atoms with Crippen LogP contribution in [0.15, 0.2) is 0 Å². The lowest BCUT2D eigenvalue weighted by Gasteiger charge is -2.43. The molecule has 1 aliphatic heterocycles. The average Bonchev–Trinajstić information content (AvgIpc) is 2.87. The van der Waals surface area contributed by atoms with Gasteiger partial charge in [0, 0.05) is 6.54 Å². The Kier molecular flexibility index (Phi) is 3.20. The molecule has 2 nitrogen and oxygen atoms in total. The molecule has 1 atom stereocenters. The van der Waals surface area contributed by atoms with Crippen molar-refractivity contribution in [2.75, 3.05) is 13.6 Å². The first kappa shape index (κ1) is 12.0. The molecule has 1 saturated heterocycles. The van der Waals surface area contributed by atoms with E-state index in [4.69, 9.17) is 4.74 Å². The summed E-state index contributed by atoms with van der Waals surface area (Å²) in [5.74, 6) is 0. The van der Waals surface area contributed by atoms with Crippen molar-refractivity contribution in [2.24, 2.45) is 5.41 Å². The summed E-state index contributed by atoms with van der Waals surface area (Å²) in [4.78, 5) is 0. The first-order chi connectivity index (χ1) is 8.26. The molecule has 0 amide bonds. The van der Waals surface area contributed by atoms with Crippen LogP contribution in [0, 0.1) is 5.41 Å². The summed E-state index contributed by atoms with van der Waals surface area (Å²) in [5, 5.41) is 3.39. The predicted molar refractivity (Wildman–Crippen MR) is 70.1 cm³/mol. The number of hydrogen-bond donors (Lipinski definition) is 1. The van der Waals surface area contributed by atoms with Crippen molar-refractivity contribution in [3.05, 3.63) is 0 Å². The number of hydrogen-bond acceptors (Lipinski definition) is 2. The molecule has 17 heavy (non-hydrogen) atoms. The molecule has 2 saturated carbocycles. The summed E-state index contributed by atoms with van der Waals surface area (Å²) in [5.41, 5.74) is 0.915. The van der Waals surface area contributed by atoms with E-state index < -0.39 is 0 Å². The number of nitrogens with one attached hydrogen (secondary N) is 1. The molecule has 0 aromatic heterocycles. The molecule has 0 bridgehead atoms. The molecule has 2 heteroatoms. The molecule has 3 aliphatic rings. The van der Waals surface area contributed by atoms with E-state index in [1.54, 1.807) is 0 Å². The molecule has 1 spiro atoms. The van der Waals surface area contributed by atoms with Crippen molar-refractivity contribution < 1.29 is 4.74 Å². The molecule has 0 aromatic rings. The molecule has 1 heterocycles. The van der Waals surface area contributed by atoms with Gasteiger partial charge in [-0.25, -0.2) is 0 Å². The summed E-state index contributed by atoms with van der Waals surface area (Å²) in [6.07, 6.45) is 14.3. The zero-order chi connectivity index (χ0) is 11.8. The van der Waals surface area contributed by atoms with E-state index in [0.29, 0.717) is 17.1 Å². The van der Waals surface area contributed by atoms with E-state index in [1.165, 1.54) is 70.8 Å². The van der Waals surface area contributed by atoms with Crippen molar-refractivity contribution in [1.82, 2.24) is 5.32 Å². The Morgan fingerprint density at radius 1 is 1.06 bits per heavy atom. The average molecular weight is 237 g/mol. The summed E-state index contributed by atoms with van der Waals surface area (Å²) in [7, 11) is 2.09. The van der Waals surface area contributed by atoms with E-state index >= 15 is 0 Å². The third-order valence-corrected chi connectivity index (χ3v) is 5.48. The van der Waals surface area contributed by atoms with Crippen LogP contribution < -0.4 is 5.32 Å². The van der Waals surface area contributed by atoms with E-state index in [1.807, 2.05) is 0 Å². The molecule has 2 aliphatic carbocycles.